The maximum Gasteiger partial charge on any atom is 0.400 e. The van der Waals surface area contributed by atoms with Crippen molar-refractivity contribution in [1.82, 2.24) is 4.90 Å². The first-order valence-electron chi connectivity index (χ1n) is 5.89. The summed E-state index contributed by atoms with van der Waals surface area (Å²) < 4.78 is 75.9. The van der Waals surface area contributed by atoms with E-state index in [4.69, 9.17) is 10.9 Å². The van der Waals surface area contributed by atoms with Crippen LogP contribution in [0.15, 0.2) is 5.16 Å². The minimum absolute atomic E-state index is 0.0970. The lowest BCUT2D eigenvalue weighted by Gasteiger charge is -2.35. The van der Waals surface area contributed by atoms with Crippen molar-refractivity contribution in [2.45, 2.75) is 25.2 Å². The second-order valence-corrected chi connectivity index (χ2v) is 4.76. The van der Waals surface area contributed by atoms with Gasteiger partial charge in [0.2, 0.25) is 0 Å². The Kier molecular flexibility index (Phi) is 5.11. The van der Waals surface area contributed by atoms with Crippen molar-refractivity contribution in [3.63, 3.8) is 0 Å². The molecule has 118 valence electrons. The summed E-state index contributed by atoms with van der Waals surface area (Å²) in [5, 5.41) is 10.7. The Morgan fingerprint density at radius 1 is 1.30 bits per heavy atom. The summed E-state index contributed by atoms with van der Waals surface area (Å²) in [5.41, 5.74) is 4.97. The molecule has 0 bridgehead atoms. The van der Waals surface area contributed by atoms with Crippen LogP contribution >= 0.6 is 0 Å². The van der Waals surface area contributed by atoms with Gasteiger partial charge in [0, 0.05) is 13.1 Å². The summed E-state index contributed by atoms with van der Waals surface area (Å²) in [5.74, 6) is -4.97. The van der Waals surface area contributed by atoms with Gasteiger partial charge < -0.3 is 15.8 Å². The monoisotopic (exact) mass is 307 g/mol. The van der Waals surface area contributed by atoms with E-state index >= 15 is 0 Å². The molecule has 2 atom stereocenters. The van der Waals surface area contributed by atoms with Crippen LogP contribution < -0.4 is 5.73 Å². The van der Waals surface area contributed by atoms with Crippen LogP contribution in [0.4, 0.5) is 26.3 Å². The highest BCUT2D eigenvalue weighted by Gasteiger charge is 2.46. The van der Waals surface area contributed by atoms with Gasteiger partial charge in [0.25, 0.3) is 0 Å². The summed E-state index contributed by atoms with van der Waals surface area (Å²) >= 11 is 0. The van der Waals surface area contributed by atoms with E-state index in [-0.39, 0.29) is 19.4 Å². The zero-order valence-electron chi connectivity index (χ0n) is 10.4. The van der Waals surface area contributed by atoms with Gasteiger partial charge in [0.15, 0.2) is 5.84 Å². The van der Waals surface area contributed by atoms with Gasteiger partial charge in [0.05, 0.1) is 5.92 Å². The first-order chi connectivity index (χ1) is 9.05. The molecule has 1 rings (SSSR count). The number of rotatable bonds is 3. The molecule has 0 aromatic carbocycles. The van der Waals surface area contributed by atoms with Crippen molar-refractivity contribution in [2.24, 2.45) is 22.7 Å². The summed E-state index contributed by atoms with van der Waals surface area (Å²) in [4.78, 5) is 1.05. The highest BCUT2D eigenvalue weighted by Crippen LogP contribution is 2.34. The van der Waals surface area contributed by atoms with Crippen molar-refractivity contribution in [1.29, 1.82) is 0 Å². The third-order valence-electron chi connectivity index (χ3n) is 3.28. The smallest absolute Gasteiger partial charge is 0.400 e. The molecule has 3 N–H and O–H groups in total. The van der Waals surface area contributed by atoms with Gasteiger partial charge in [0.1, 0.15) is 5.92 Å². The van der Waals surface area contributed by atoms with Crippen LogP contribution in [-0.2, 0) is 0 Å². The van der Waals surface area contributed by atoms with Crippen LogP contribution in [0.3, 0.4) is 0 Å². The number of nitrogens with zero attached hydrogens (tertiary/aromatic N) is 2. The minimum Gasteiger partial charge on any atom is -0.409 e. The van der Waals surface area contributed by atoms with Crippen LogP contribution in [0.5, 0.6) is 0 Å². The lowest BCUT2D eigenvalue weighted by molar-refractivity contribution is -0.191. The average molecular weight is 307 g/mol. The van der Waals surface area contributed by atoms with Crippen molar-refractivity contribution < 1.29 is 31.5 Å². The maximum atomic E-state index is 12.7. The van der Waals surface area contributed by atoms with Crippen LogP contribution in [0.25, 0.3) is 0 Å². The molecule has 0 spiro atoms. The van der Waals surface area contributed by atoms with Crippen LogP contribution in [0.2, 0.25) is 0 Å². The zero-order chi connectivity index (χ0) is 15.6. The number of oxime groups is 1. The number of piperidine rings is 1. The molecule has 0 saturated carbocycles. The van der Waals surface area contributed by atoms with Crippen molar-refractivity contribution in [3.05, 3.63) is 0 Å². The number of likely N-dealkylation sites (tertiary alicyclic amines) is 1. The third-order valence-corrected chi connectivity index (χ3v) is 3.28. The molecule has 2 unspecified atom stereocenters. The first kappa shape index (κ1) is 16.9. The molecule has 0 aromatic heterocycles. The molecule has 1 saturated heterocycles. The predicted molar refractivity (Wildman–Crippen MR) is 58.2 cm³/mol. The Labute approximate surface area is 111 Å². The van der Waals surface area contributed by atoms with E-state index in [0.717, 1.165) is 4.90 Å². The van der Waals surface area contributed by atoms with Crippen molar-refractivity contribution >= 4 is 5.84 Å². The van der Waals surface area contributed by atoms with Gasteiger partial charge in [-0.15, -0.1) is 0 Å². The van der Waals surface area contributed by atoms with E-state index in [1.54, 1.807) is 0 Å². The standard InChI is InChI=1S/C10H15F6N3O/c11-9(12,13)6-2-1-3-19(4-6)5-7(8(17)18-20)10(14,15)16/h6-7,20H,1-5H2,(H2,17,18). The van der Waals surface area contributed by atoms with Gasteiger partial charge in [-0.1, -0.05) is 5.16 Å². The molecular weight excluding hydrogens is 292 g/mol. The number of alkyl halides is 6. The van der Waals surface area contributed by atoms with E-state index in [9.17, 15) is 26.3 Å². The molecule has 20 heavy (non-hydrogen) atoms. The van der Waals surface area contributed by atoms with Gasteiger partial charge >= 0.3 is 12.4 Å². The number of nitrogens with two attached hydrogens (primary N) is 1. The Hall–Kier alpha value is -1.19. The summed E-state index contributed by atoms with van der Waals surface area (Å²) in [7, 11) is 0. The van der Waals surface area contributed by atoms with E-state index in [0.29, 0.717) is 0 Å². The lowest BCUT2D eigenvalue weighted by Crippen LogP contribution is -2.49. The van der Waals surface area contributed by atoms with E-state index < -0.39 is 43.1 Å². The fourth-order valence-corrected chi connectivity index (χ4v) is 2.18. The van der Waals surface area contributed by atoms with Crippen LogP contribution in [0.1, 0.15) is 12.8 Å². The Balaban J connectivity index is 2.74. The maximum absolute atomic E-state index is 12.7. The van der Waals surface area contributed by atoms with Crippen molar-refractivity contribution in [2.75, 3.05) is 19.6 Å². The number of hydrogen-bond donors (Lipinski definition) is 2. The fourth-order valence-electron chi connectivity index (χ4n) is 2.18. The second kappa shape index (κ2) is 6.06. The SMILES string of the molecule is NC(=NO)C(CN1CCCC(C(F)(F)F)C1)C(F)(F)F. The number of halogens is 6. The summed E-state index contributed by atoms with van der Waals surface area (Å²) in [6.07, 6.45) is -9.14. The highest BCUT2D eigenvalue weighted by molar-refractivity contribution is 5.83. The highest BCUT2D eigenvalue weighted by atomic mass is 19.4. The molecule has 1 aliphatic heterocycles. The van der Waals surface area contributed by atoms with Crippen LogP contribution in [0, 0.1) is 11.8 Å². The average Bonchev–Trinajstić information content (AvgIpc) is 2.33. The minimum atomic E-state index is -4.78. The molecule has 0 aliphatic carbocycles. The normalized spacial score (nSPS) is 24.7. The third kappa shape index (κ3) is 4.43. The van der Waals surface area contributed by atoms with Gasteiger partial charge in [-0.05, 0) is 19.4 Å². The molecule has 0 radical (unpaired) electrons. The quantitative estimate of drug-likeness (QED) is 0.276. The molecule has 10 heteroatoms. The molecule has 0 amide bonds. The van der Waals surface area contributed by atoms with Gasteiger partial charge in [-0.2, -0.15) is 26.3 Å². The van der Waals surface area contributed by atoms with Crippen molar-refractivity contribution in [3.8, 4) is 0 Å². The van der Waals surface area contributed by atoms with Gasteiger partial charge in [-0.25, -0.2) is 0 Å². The molecule has 1 fully saturated rings. The number of amidine groups is 1. The van der Waals surface area contributed by atoms with Gasteiger partial charge in [-0.3, -0.25) is 0 Å². The largest absolute Gasteiger partial charge is 0.409 e. The second-order valence-electron chi connectivity index (χ2n) is 4.76. The number of hydrogen-bond acceptors (Lipinski definition) is 3. The topological polar surface area (TPSA) is 61.9 Å². The fraction of sp³-hybridized carbons (Fsp3) is 0.900. The summed E-state index contributed by atoms with van der Waals surface area (Å²) in [6, 6.07) is 0. The van der Waals surface area contributed by atoms with E-state index in [1.165, 1.54) is 0 Å². The molecule has 4 nitrogen and oxygen atoms in total. The Morgan fingerprint density at radius 2 is 1.90 bits per heavy atom. The van der Waals surface area contributed by atoms with Crippen LogP contribution in [-0.4, -0.2) is 47.9 Å². The molecule has 1 heterocycles. The van der Waals surface area contributed by atoms with E-state index in [1.807, 2.05) is 0 Å². The molecular formula is C10H15F6N3O. The predicted octanol–water partition coefficient (Wildman–Crippen LogP) is 2.19. The molecule has 1 aliphatic rings. The van der Waals surface area contributed by atoms with E-state index in [2.05, 4.69) is 5.16 Å². The zero-order valence-corrected chi connectivity index (χ0v) is 10.4. The Morgan fingerprint density at radius 3 is 2.35 bits per heavy atom. The Bertz CT molecular complexity index is 354. The summed E-state index contributed by atoms with van der Waals surface area (Å²) in [6.45, 7) is -1.13. The first-order valence-corrected chi connectivity index (χ1v) is 5.89. The lowest BCUT2D eigenvalue weighted by atomic mass is 9.96. The molecule has 0 aromatic rings.